The molecule has 0 aliphatic heterocycles. The minimum atomic E-state index is -0.691. The summed E-state index contributed by atoms with van der Waals surface area (Å²) in [4.78, 5) is 109. The molecule has 0 atom stereocenters. The number of nitrogens with zero attached hydrogens (tertiary/aromatic N) is 2. The topological polar surface area (TPSA) is 357 Å². The summed E-state index contributed by atoms with van der Waals surface area (Å²) in [6.45, 7) is 2.52. The molecule has 0 radical (unpaired) electrons. The highest BCUT2D eigenvalue weighted by Crippen LogP contribution is 2.25. The largest absolute Gasteiger partial charge is 0.506 e. The second-order valence-corrected chi connectivity index (χ2v) is 17.5. The monoisotopic (exact) mass is 1120 g/mol. The number of phenolic OH excluding ortho intramolecular Hbond substituents is 4. The Morgan fingerprint density at radius 2 is 0.463 bits per heavy atom. The van der Waals surface area contributed by atoms with Gasteiger partial charge in [-0.15, -0.1) is 0 Å². The molecule has 0 saturated heterocycles. The SMILES string of the molecule is COCCNC(=O)c1cccc(C(=O)NCCN(CCNC(=O)c2cccc(C(=O)NCCOC)c2O)CCN(CCNC(=O)c2cccc(C(=O)NCCOC)c2O)CCNC(=O)c2cccc(C(=O)NCCOC)c2O)c1O. The molecule has 0 spiro atoms. The average Bonchev–Trinajstić information content (AvgIpc) is 3.44. The molecule has 0 fully saturated rings. The van der Waals surface area contributed by atoms with Gasteiger partial charge in [0.15, 0.2) is 0 Å². The van der Waals surface area contributed by atoms with Crippen molar-refractivity contribution in [1.29, 1.82) is 0 Å². The van der Waals surface area contributed by atoms with E-state index in [2.05, 4.69) is 42.5 Å². The van der Waals surface area contributed by atoms with Gasteiger partial charge in [-0.25, -0.2) is 0 Å². The number of carbonyl (C=O) groups is 8. The molecular weight excluding hydrogens is 1040 g/mol. The zero-order valence-electron chi connectivity index (χ0n) is 45.2. The molecule has 0 saturated carbocycles. The lowest BCUT2D eigenvalue weighted by Gasteiger charge is -2.28. The van der Waals surface area contributed by atoms with Crippen LogP contribution in [0.3, 0.4) is 0 Å². The Labute approximate surface area is 462 Å². The maximum Gasteiger partial charge on any atom is 0.255 e. The summed E-state index contributed by atoms with van der Waals surface area (Å²) in [5.74, 6) is -7.38. The summed E-state index contributed by atoms with van der Waals surface area (Å²) in [7, 11) is 5.86. The molecule has 4 rings (SSSR count). The van der Waals surface area contributed by atoms with E-state index in [9.17, 15) is 58.8 Å². The number of hydrogen-bond donors (Lipinski definition) is 12. The fourth-order valence-corrected chi connectivity index (χ4v) is 7.73. The normalized spacial score (nSPS) is 10.9. The summed E-state index contributed by atoms with van der Waals surface area (Å²) in [6, 6.07) is 16.7. The van der Waals surface area contributed by atoms with Crippen molar-refractivity contribution >= 4 is 47.3 Å². The van der Waals surface area contributed by atoms with Gasteiger partial charge >= 0.3 is 0 Å². The van der Waals surface area contributed by atoms with E-state index in [1.807, 2.05) is 9.80 Å². The lowest BCUT2D eigenvalue weighted by Crippen LogP contribution is -2.46. The third-order valence-electron chi connectivity index (χ3n) is 12.1. The molecule has 4 aromatic carbocycles. The van der Waals surface area contributed by atoms with Crippen LogP contribution >= 0.6 is 0 Å². The molecule has 0 bridgehead atoms. The third-order valence-corrected chi connectivity index (χ3v) is 12.1. The Morgan fingerprint density at radius 1 is 0.300 bits per heavy atom. The van der Waals surface area contributed by atoms with Gasteiger partial charge < -0.3 is 81.9 Å². The molecule has 0 aliphatic carbocycles. The van der Waals surface area contributed by atoms with E-state index in [0.717, 1.165) is 0 Å². The lowest BCUT2D eigenvalue weighted by atomic mass is 10.1. The van der Waals surface area contributed by atoms with Gasteiger partial charge in [-0.3, -0.25) is 48.2 Å². The van der Waals surface area contributed by atoms with Crippen LogP contribution in [0.1, 0.15) is 82.9 Å². The van der Waals surface area contributed by atoms with Gasteiger partial charge in [0.05, 0.1) is 70.9 Å². The molecule has 12 N–H and O–H groups in total. The average molecular weight is 1120 g/mol. The van der Waals surface area contributed by atoms with Crippen molar-refractivity contribution in [3.63, 3.8) is 0 Å². The van der Waals surface area contributed by atoms with Gasteiger partial charge in [0, 0.05) is 120 Å². The van der Waals surface area contributed by atoms with Crippen molar-refractivity contribution in [1.82, 2.24) is 52.3 Å². The van der Waals surface area contributed by atoms with E-state index < -0.39 is 70.3 Å². The third kappa shape index (κ3) is 19.8. The number of benzene rings is 4. The number of ether oxygens (including phenoxy) is 4. The number of rotatable bonds is 35. The molecule has 80 heavy (non-hydrogen) atoms. The van der Waals surface area contributed by atoms with E-state index in [-0.39, 0.29) is 163 Å². The van der Waals surface area contributed by atoms with Crippen LogP contribution in [0, 0.1) is 0 Å². The number of hydrogen-bond acceptors (Lipinski definition) is 18. The van der Waals surface area contributed by atoms with Crippen LogP contribution in [0.15, 0.2) is 72.8 Å². The van der Waals surface area contributed by atoms with Crippen molar-refractivity contribution in [2.24, 2.45) is 0 Å². The zero-order chi connectivity index (χ0) is 58.4. The van der Waals surface area contributed by atoms with E-state index in [1.54, 1.807) is 0 Å². The van der Waals surface area contributed by atoms with Crippen LogP contribution in [-0.4, -0.2) is 224 Å². The molecule has 26 heteroatoms. The number of aromatic hydroxyl groups is 4. The fraction of sp³-hybridized carbons (Fsp3) is 0.407. The Kier molecular flexibility index (Phi) is 27.6. The predicted molar refractivity (Wildman–Crippen MR) is 291 cm³/mol. The molecule has 434 valence electrons. The first-order chi connectivity index (χ1) is 38.6. The van der Waals surface area contributed by atoms with Crippen molar-refractivity contribution in [3.05, 3.63) is 117 Å². The molecule has 0 aromatic heterocycles. The van der Waals surface area contributed by atoms with Crippen LogP contribution in [0.5, 0.6) is 23.0 Å². The Morgan fingerprint density at radius 3 is 0.625 bits per heavy atom. The molecule has 0 unspecified atom stereocenters. The molecule has 26 nitrogen and oxygen atoms in total. The lowest BCUT2D eigenvalue weighted by molar-refractivity contribution is 0.0912. The number of phenols is 4. The van der Waals surface area contributed by atoms with Crippen LogP contribution in [0.2, 0.25) is 0 Å². The summed E-state index contributed by atoms with van der Waals surface area (Å²) in [5, 5.41) is 65.2. The van der Waals surface area contributed by atoms with Gasteiger partial charge in [-0.1, -0.05) is 24.3 Å². The van der Waals surface area contributed by atoms with Crippen molar-refractivity contribution in [3.8, 4) is 23.0 Å². The first-order valence-corrected chi connectivity index (χ1v) is 25.5. The van der Waals surface area contributed by atoms with E-state index in [1.165, 1.54) is 101 Å². The van der Waals surface area contributed by atoms with Crippen molar-refractivity contribution in [2.75, 3.05) is 146 Å². The molecule has 0 aliphatic rings. The number of methoxy groups -OCH3 is 4. The number of carbonyl (C=O) groups excluding carboxylic acids is 8. The quantitative estimate of drug-likeness (QED) is 0.0262. The highest BCUT2D eigenvalue weighted by molar-refractivity contribution is 6.06. The van der Waals surface area contributed by atoms with Crippen LogP contribution < -0.4 is 42.5 Å². The zero-order valence-corrected chi connectivity index (χ0v) is 45.2. The maximum atomic E-state index is 13.5. The van der Waals surface area contributed by atoms with Crippen LogP contribution in [-0.2, 0) is 18.9 Å². The smallest absolute Gasteiger partial charge is 0.255 e. The summed E-state index contributed by atoms with van der Waals surface area (Å²) in [6.07, 6.45) is 0. The number of para-hydroxylation sites is 4. The summed E-state index contributed by atoms with van der Waals surface area (Å²) < 4.78 is 19.9. The fourth-order valence-electron chi connectivity index (χ4n) is 7.73. The van der Waals surface area contributed by atoms with Gasteiger partial charge in [0.1, 0.15) is 23.0 Å². The standard InChI is InChI=1S/C54H72N10O16/c1-77-31-21-59-51(73)39-13-5-9-35(43(39)65)47(69)55-17-25-63(26-18-56-48(70)36-10-6-14-40(44(36)66)52(74)60-22-32-78-2)29-30-64(27-19-57-49(71)37-11-7-15-41(45(37)67)53(75)61-23-33-79-3)28-20-58-50(72)38-12-8-16-42(46(38)68)54(76)62-24-34-80-4/h5-16,65-68H,17-34H2,1-4H3,(H,55,69)(H,56,70)(H,57,71)(H,58,72)(H,59,73)(H,60,74)(H,61,75)(H,62,76). The molecule has 8 amide bonds. The molecular formula is C54H72N10O16. The predicted octanol–water partition coefficient (Wildman–Crippen LogP) is -0.362. The summed E-state index contributed by atoms with van der Waals surface area (Å²) >= 11 is 0. The molecule has 4 aromatic rings. The minimum absolute atomic E-state index is 0.0104. The van der Waals surface area contributed by atoms with Gasteiger partial charge in [-0.2, -0.15) is 0 Å². The van der Waals surface area contributed by atoms with Crippen LogP contribution in [0.25, 0.3) is 0 Å². The maximum absolute atomic E-state index is 13.5. The van der Waals surface area contributed by atoms with Gasteiger partial charge in [0.2, 0.25) is 0 Å². The number of amides is 8. The Hall–Kier alpha value is -8.40. The first kappa shape index (κ1) is 64.1. The Balaban J connectivity index is 1.55. The van der Waals surface area contributed by atoms with Crippen molar-refractivity contribution < 1.29 is 77.7 Å². The highest BCUT2D eigenvalue weighted by Gasteiger charge is 2.24. The van der Waals surface area contributed by atoms with Gasteiger partial charge in [-0.05, 0) is 48.5 Å². The van der Waals surface area contributed by atoms with E-state index in [0.29, 0.717) is 0 Å². The highest BCUT2D eigenvalue weighted by atomic mass is 16.5. The van der Waals surface area contributed by atoms with E-state index in [4.69, 9.17) is 18.9 Å². The Bertz CT molecular complexity index is 2380. The summed E-state index contributed by atoms with van der Waals surface area (Å²) in [5.41, 5.74) is -1.15. The van der Waals surface area contributed by atoms with Crippen LogP contribution in [0.4, 0.5) is 0 Å². The first-order valence-electron chi connectivity index (χ1n) is 25.5. The van der Waals surface area contributed by atoms with Crippen molar-refractivity contribution in [2.45, 2.75) is 0 Å². The number of nitrogens with one attached hydrogen (secondary N) is 8. The van der Waals surface area contributed by atoms with E-state index >= 15 is 0 Å². The molecule has 0 heterocycles. The second-order valence-electron chi connectivity index (χ2n) is 17.5. The van der Waals surface area contributed by atoms with Gasteiger partial charge in [0.25, 0.3) is 47.3 Å². The minimum Gasteiger partial charge on any atom is -0.506 e. The second kappa shape index (κ2) is 34.5.